The van der Waals surface area contributed by atoms with E-state index in [-0.39, 0.29) is 30.0 Å². The van der Waals surface area contributed by atoms with Gasteiger partial charge in [-0.3, -0.25) is 20.4 Å². The van der Waals surface area contributed by atoms with Gasteiger partial charge in [-0.1, -0.05) is 35.9 Å². The summed E-state index contributed by atoms with van der Waals surface area (Å²) in [6, 6.07) is 12.6. The quantitative estimate of drug-likeness (QED) is 0.687. The van der Waals surface area contributed by atoms with Crippen LogP contribution in [0.15, 0.2) is 53.4 Å². The van der Waals surface area contributed by atoms with Gasteiger partial charge in [-0.2, -0.15) is 4.31 Å². The molecule has 2 aromatic carbocycles. The van der Waals surface area contributed by atoms with Gasteiger partial charge in [-0.25, -0.2) is 8.42 Å². The van der Waals surface area contributed by atoms with Crippen LogP contribution in [0.4, 0.5) is 0 Å². The Kier molecular flexibility index (Phi) is 6.86. The second-order valence-corrected chi connectivity index (χ2v) is 8.66. The highest BCUT2D eigenvalue weighted by Crippen LogP contribution is 2.21. The van der Waals surface area contributed by atoms with Gasteiger partial charge in [0.2, 0.25) is 15.9 Å². The number of hydrogen-bond acceptors (Lipinski definition) is 5. The Bertz CT molecular complexity index is 989. The fourth-order valence-electron chi connectivity index (χ4n) is 2.83. The Morgan fingerprint density at radius 3 is 2.34 bits per heavy atom. The van der Waals surface area contributed by atoms with Crippen molar-refractivity contribution in [1.82, 2.24) is 15.2 Å². The predicted octanol–water partition coefficient (Wildman–Crippen LogP) is 1.36. The molecule has 2 N–H and O–H groups in total. The highest BCUT2D eigenvalue weighted by Gasteiger charge is 2.30. The molecule has 1 heterocycles. The van der Waals surface area contributed by atoms with Crippen molar-refractivity contribution in [2.75, 3.05) is 26.3 Å². The van der Waals surface area contributed by atoms with Gasteiger partial charge in [-0.05, 0) is 29.8 Å². The smallest absolute Gasteiger partial charge is 0.271 e. The lowest BCUT2D eigenvalue weighted by Gasteiger charge is -2.26. The van der Waals surface area contributed by atoms with E-state index in [1.54, 1.807) is 36.4 Å². The Hall–Kier alpha value is -2.46. The summed E-state index contributed by atoms with van der Waals surface area (Å²) >= 11 is 5.81. The van der Waals surface area contributed by atoms with Gasteiger partial charge in [0.15, 0.2) is 0 Å². The summed E-state index contributed by atoms with van der Waals surface area (Å²) in [6.45, 7) is 1.04. The number of morpholine rings is 1. The van der Waals surface area contributed by atoms with E-state index in [2.05, 4.69) is 10.9 Å². The molecule has 1 aliphatic heterocycles. The summed E-state index contributed by atoms with van der Waals surface area (Å²) in [5.74, 6) is -1.17. The number of halogens is 1. The lowest BCUT2D eigenvalue weighted by atomic mass is 10.1. The van der Waals surface area contributed by atoms with E-state index >= 15 is 0 Å². The van der Waals surface area contributed by atoms with Crippen molar-refractivity contribution in [3.05, 3.63) is 64.7 Å². The van der Waals surface area contributed by atoms with Crippen LogP contribution in [0, 0.1) is 0 Å². The summed E-state index contributed by atoms with van der Waals surface area (Å²) < 4.78 is 32.3. The molecule has 0 atom stereocenters. The molecule has 154 valence electrons. The van der Waals surface area contributed by atoms with Gasteiger partial charge in [0.1, 0.15) is 0 Å². The Morgan fingerprint density at radius 2 is 1.66 bits per heavy atom. The van der Waals surface area contributed by atoms with Crippen LogP contribution in [-0.4, -0.2) is 50.8 Å². The first kappa shape index (κ1) is 21.3. The number of ether oxygens (including phenoxy) is 1. The van der Waals surface area contributed by atoms with Crippen LogP contribution in [0.1, 0.15) is 15.9 Å². The maximum Gasteiger partial charge on any atom is 0.271 e. The number of hydrogen-bond donors (Lipinski definition) is 2. The molecule has 3 rings (SSSR count). The maximum atomic E-state index is 12.9. The molecule has 2 aromatic rings. The summed E-state index contributed by atoms with van der Waals surface area (Å²) in [5.41, 5.74) is 5.24. The largest absolute Gasteiger partial charge is 0.379 e. The first-order valence-electron chi connectivity index (χ1n) is 8.88. The van der Waals surface area contributed by atoms with Crippen LogP contribution in [-0.2, 0) is 26.0 Å². The molecule has 29 heavy (non-hydrogen) atoms. The molecule has 0 saturated carbocycles. The number of nitrogens with one attached hydrogen (secondary N) is 2. The van der Waals surface area contributed by atoms with Gasteiger partial charge < -0.3 is 4.74 Å². The molecular formula is C19H20ClN3O5S. The second kappa shape index (κ2) is 9.36. The molecule has 10 heteroatoms. The first-order chi connectivity index (χ1) is 13.9. The fourth-order valence-corrected chi connectivity index (χ4v) is 4.55. The van der Waals surface area contributed by atoms with Crippen molar-refractivity contribution in [3.63, 3.8) is 0 Å². The molecule has 1 saturated heterocycles. The number of hydrazine groups is 1. The van der Waals surface area contributed by atoms with E-state index in [4.69, 9.17) is 16.3 Å². The lowest BCUT2D eigenvalue weighted by molar-refractivity contribution is -0.121. The fraction of sp³-hybridized carbons (Fsp3) is 0.263. The molecule has 0 radical (unpaired) electrons. The van der Waals surface area contributed by atoms with Crippen LogP contribution >= 0.6 is 11.6 Å². The molecule has 0 spiro atoms. The summed E-state index contributed by atoms with van der Waals surface area (Å²) in [6.07, 6.45) is 0.0329. The van der Waals surface area contributed by atoms with Gasteiger partial charge >= 0.3 is 0 Å². The van der Waals surface area contributed by atoms with E-state index in [0.29, 0.717) is 18.2 Å². The number of amides is 2. The first-order valence-corrected chi connectivity index (χ1v) is 10.7. The minimum Gasteiger partial charge on any atom is -0.379 e. The minimum atomic E-state index is -3.86. The van der Waals surface area contributed by atoms with Gasteiger partial charge in [-0.15, -0.1) is 0 Å². The zero-order valence-electron chi connectivity index (χ0n) is 15.4. The number of benzene rings is 2. The molecule has 1 fully saturated rings. The average Bonchev–Trinajstić information content (AvgIpc) is 2.74. The van der Waals surface area contributed by atoms with Crippen LogP contribution in [0.5, 0.6) is 0 Å². The summed E-state index contributed by atoms with van der Waals surface area (Å²) in [7, 11) is -3.86. The molecule has 2 amide bonds. The molecular weight excluding hydrogens is 418 g/mol. The zero-order chi connectivity index (χ0) is 20.9. The standard InChI is InChI=1S/C19H20ClN3O5S/c20-15-7-5-14(6-8-15)13-18(24)21-22-19(25)16-3-1-2-4-17(16)29(26,27)23-9-11-28-12-10-23/h1-8H,9-13H2,(H,21,24)(H,22,25). The monoisotopic (exact) mass is 437 g/mol. The maximum absolute atomic E-state index is 12.9. The Labute approximate surface area is 173 Å². The highest BCUT2D eigenvalue weighted by atomic mass is 35.5. The van der Waals surface area contributed by atoms with E-state index in [1.807, 2.05) is 0 Å². The molecule has 0 bridgehead atoms. The van der Waals surface area contributed by atoms with E-state index in [9.17, 15) is 18.0 Å². The van der Waals surface area contributed by atoms with Gasteiger partial charge in [0.25, 0.3) is 5.91 Å². The van der Waals surface area contributed by atoms with Crippen molar-refractivity contribution in [1.29, 1.82) is 0 Å². The van der Waals surface area contributed by atoms with Gasteiger partial charge in [0, 0.05) is 18.1 Å². The molecule has 0 aliphatic carbocycles. The van der Waals surface area contributed by atoms with Crippen LogP contribution < -0.4 is 10.9 Å². The second-order valence-electron chi connectivity index (χ2n) is 6.32. The lowest BCUT2D eigenvalue weighted by Crippen LogP contribution is -2.44. The molecule has 0 unspecified atom stereocenters. The molecule has 1 aliphatic rings. The zero-order valence-corrected chi connectivity index (χ0v) is 17.0. The normalized spacial score (nSPS) is 14.9. The number of carbonyl (C=O) groups excluding carboxylic acids is 2. The third kappa shape index (κ3) is 5.33. The van der Waals surface area contributed by atoms with E-state index < -0.39 is 21.8 Å². The van der Waals surface area contributed by atoms with E-state index in [0.717, 1.165) is 5.56 Å². The van der Waals surface area contributed by atoms with Crippen molar-refractivity contribution in [2.24, 2.45) is 0 Å². The Morgan fingerprint density at radius 1 is 1.00 bits per heavy atom. The third-order valence-corrected chi connectivity index (χ3v) is 6.52. The van der Waals surface area contributed by atoms with Crippen molar-refractivity contribution in [3.8, 4) is 0 Å². The average molecular weight is 438 g/mol. The highest BCUT2D eigenvalue weighted by molar-refractivity contribution is 7.89. The van der Waals surface area contributed by atoms with Gasteiger partial charge in [0.05, 0.1) is 30.1 Å². The van der Waals surface area contributed by atoms with E-state index in [1.165, 1.54) is 16.4 Å². The number of carbonyl (C=O) groups is 2. The van der Waals surface area contributed by atoms with Crippen LogP contribution in [0.25, 0.3) is 0 Å². The summed E-state index contributed by atoms with van der Waals surface area (Å²) in [4.78, 5) is 24.5. The predicted molar refractivity (Wildman–Crippen MR) is 107 cm³/mol. The number of nitrogens with zero attached hydrogens (tertiary/aromatic N) is 1. The van der Waals surface area contributed by atoms with Crippen molar-refractivity contribution in [2.45, 2.75) is 11.3 Å². The van der Waals surface area contributed by atoms with Crippen molar-refractivity contribution < 1.29 is 22.7 Å². The Balaban J connectivity index is 1.68. The number of rotatable bonds is 5. The van der Waals surface area contributed by atoms with Crippen LogP contribution in [0.3, 0.4) is 0 Å². The summed E-state index contributed by atoms with van der Waals surface area (Å²) in [5, 5.41) is 0.556. The molecule has 0 aromatic heterocycles. The number of sulfonamides is 1. The SMILES string of the molecule is O=C(Cc1ccc(Cl)cc1)NNC(=O)c1ccccc1S(=O)(=O)N1CCOCC1. The van der Waals surface area contributed by atoms with Crippen molar-refractivity contribution >= 4 is 33.4 Å². The topological polar surface area (TPSA) is 105 Å². The molecule has 8 nitrogen and oxygen atoms in total. The van der Waals surface area contributed by atoms with Crippen LogP contribution in [0.2, 0.25) is 5.02 Å². The third-order valence-electron chi connectivity index (χ3n) is 4.31. The minimum absolute atomic E-state index is 0.0329.